The molecule has 0 radical (unpaired) electrons. The first-order valence-corrected chi connectivity index (χ1v) is 11.4. The minimum atomic E-state index is -4.71. The van der Waals surface area contributed by atoms with Crippen molar-refractivity contribution in [2.45, 2.75) is 57.3 Å². The number of hydrogen-bond acceptors (Lipinski definition) is 7. The van der Waals surface area contributed by atoms with E-state index in [2.05, 4.69) is 25.8 Å². The number of anilines is 2. The topological polar surface area (TPSA) is 101 Å². The molecule has 2 aromatic rings. The quantitative estimate of drug-likeness (QED) is 0.499. The van der Waals surface area contributed by atoms with Crippen LogP contribution < -0.4 is 25.8 Å². The highest BCUT2D eigenvalue weighted by Gasteiger charge is 2.51. The molecule has 194 valence electrons. The normalized spacial score (nSPS) is 19.6. The predicted octanol–water partition coefficient (Wildman–Crippen LogP) is 4.69. The van der Waals surface area contributed by atoms with E-state index < -0.39 is 30.2 Å². The van der Waals surface area contributed by atoms with Gasteiger partial charge in [-0.15, -0.1) is 0 Å². The number of ether oxygens (including phenoxy) is 3. The Morgan fingerprint density at radius 3 is 2.56 bits per heavy atom. The summed E-state index contributed by atoms with van der Waals surface area (Å²) < 4.78 is 55.1. The summed E-state index contributed by atoms with van der Waals surface area (Å²) in [5, 5.41) is 2.38. The highest BCUT2D eigenvalue weighted by Crippen LogP contribution is 2.38. The van der Waals surface area contributed by atoms with Crippen molar-refractivity contribution >= 4 is 23.6 Å². The lowest BCUT2D eigenvalue weighted by atomic mass is 10.1. The molecule has 2 aliphatic heterocycles. The van der Waals surface area contributed by atoms with Gasteiger partial charge in [0, 0.05) is 18.7 Å². The number of amides is 2. The van der Waals surface area contributed by atoms with Crippen LogP contribution in [0.15, 0.2) is 48.5 Å². The molecule has 0 bridgehead atoms. The lowest BCUT2D eigenvalue weighted by Gasteiger charge is -2.37. The third kappa shape index (κ3) is 6.11. The third-order valence-corrected chi connectivity index (χ3v) is 5.85. The van der Waals surface area contributed by atoms with Crippen molar-refractivity contribution < 1.29 is 37.0 Å². The highest BCUT2D eigenvalue weighted by atomic mass is 19.4. The van der Waals surface area contributed by atoms with Gasteiger partial charge in [0.25, 0.3) is 0 Å². The molecular weight excluding hydrogens is 481 g/mol. The van der Waals surface area contributed by atoms with E-state index in [1.807, 2.05) is 30.3 Å². The summed E-state index contributed by atoms with van der Waals surface area (Å²) in [5.41, 5.74) is 4.49. The van der Waals surface area contributed by atoms with E-state index >= 15 is 0 Å². The van der Waals surface area contributed by atoms with Crippen LogP contribution in [0.3, 0.4) is 0 Å². The fraction of sp³-hybridized carbons (Fsp3) is 0.417. The van der Waals surface area contributed by atoms with E-state index in [4.69, 9.17) is 9.47 Å². The zero-order valence-corrected chi connectivity index (χ0v) is 19.7. The first-order valence-electron chi connectivity index (χ1n) is 11.4. The minimum absolute atomic E-state index is 0.210. The second kappa shape index (κ2) is 10.1. The zero-order chi connectivity index (χ0) is 25.9. The van der Waals surface area contributed by atoms with Crippen LogP contribution >= 0.6 is 0 Å². The van der Waals surface area contributed by atoms with Crippen molar-refractivity contribution in [2.75, 3.05) is 16.8 Å². The molecular formula is C24H27F3N4O5. The Balaban J connectivity index is 1.49. The van der Waals surface area contributed by atoms with Gasteiger partial charge in [-0.2, -0.15) is 18.6 Å². The smallest absolute Gasteiger partial charge is 0.427 e. The Hall–Kier alpha value is -3.67. The van der Waals surface area contributed by atoms with Gasteiger partial charge in [0.05, 0.1) is 12.2 Å². The summed E-state index contributed by atoms with van der Waals surface area (Å²) in [4.78, 5) is 25.5. The van der Waals surface area contributed by atoms with Crippen molar-refractivity contribution in [2.24, 2.45) is 0 Å². The third-order valence-electron chi connectivity index (χ3n) is 5.85. The molecule has 0 aliphatic carbocycles. The number of carbonyl (C=O) groups is 2. The highest BCUT2D eigenvalue weighted by molar-refractivity contribution is 5.86. The maximum absolute atomic E-state index is 13.1. The number of rotatable bonds is 7. The summed E-state index contributed by atoms with van der Waals surface area (Å²) in [6.07, 6.45) is -6.00. The Morgan fingerprint density at radius 1 is 1.14 bits per heavy atom. The van der Waals surface area contributed by atoms with E-state index in [9.17, 15) is 22.8 Å². The number of halogens is 3. The molecule has 2 aliphatic rings. The van der Waals surface area contributed by atoms with Gasteiger partial charge < -0.3 is 19.1 Å². The van der Waals surface area contributed by atoms with Crippen LogP contribution in [0.1, 0.15) is 32.3 Å². The second-order valence-electron chi connectivity index (χ2n) is 9.05. The number of hydrogen-bond donors (Lipinski definition) is 3. The molecule has 12 heteroatoms. The van der Waals surface area contributed by atoms with Gasteiger partial charge in [-0.1, -0.05) is 30.3 Å². The monoisotopic (exact) mass is 508 g/mol. The molecule has 1 saturated heterocycles. The first kappa shape index (κ1) is 25.4. The standard InChI is InChI=1S/C24H27F3N4O5/c1-23(2,24(25,26)27)36-21(32)28-16-8-10-19-18(12-16)31(13-15-6-4-3-5-7-15)14-17(34-19)9-11-20-29-30-22(33)35-20/h3-8,10,12,17,20,29H,9,11,13-14H2,1-2H3,(H,28,32)(H,30,33). The van der Waals surface area contributed by atoms with Crippen molar-refractivity contribution in [1.29, 1.82) is 0 Å². The van der Waals surface area contributed by atoms with E-state index in [0.717, 1.165) is 19.4 Å². The molecule has 4 rings (SSSR count). The fourth-order valence-corrected chi connectivity index (χ4v) is 3.84. The first-order chi connectivity index (χ1) is 17.0. The Morgan fingerprint density at radius 2 is 1.89 bits per heavy atom. The van der Waals surface area contributed by atoms with Gasteiger partial charge >= 0.3 is 18.4 Å². The number of fused-ring (bicyclic) bond motifs is 1. The van der Waals surface area contributed by atoms with Crippen molar-refractivity contribution in [1.82, 2.24) is 10.9 Å². The SMILES string of the molecule is CC(C)(OC(=O)Nc1ccc2c(c1)N(Cc1ccccc1)CC(CCC1NNC(=O)O1)O2)C(F)(F)F. The van der Waals surface area contributed by atoms with Crippen LogP contribution in [-0.4, -0.2) is 42.8 Å². The molecule has 2 atom stereocenters. The lowest BCUT2D eigenvalue weighted by Crippen LogP contribution is -2.44. The van der Waals surface area contributed by atoms with Crippen molar-refractivity contribution in [3.8, 4) is 5.75 Å². The van der Waals surface area contributed by atoms with Crippen molar-refractivity contribution in [3.63, 3.8) is 0 Å². The van der Waals surface area contributed by atoms with Gasteiger partial charge in [-0.05, 0) is 44.0 Å². The average Bonchev–Trinajstić information content (AvgIpc) is 3.22. The number of nitrogens with zero attached hydrogens (tertiary/aromatic N) is 1. The summed E-state index contributed by atoms with van der Waals surface area (Å²) in [5.74, 6) is 0.561. The average molecular weight is 508 g/mol. The minimum Gasteiger partial charge on any atom is -0.486 e. The molecule has 1 fully saturated rings. The van der Waals surface area contributed by atoms with Gasteiger partial charge in [0.15, 0.2) is 6.23 Å². The van der Waals surface area contributed by atoms with Gasteiger partial charge in [-0.3, -0.25) is 10.7 Å². The zero-order valence-electron chi connectivity index (χ0n) is 19.7. The molecule has 3 N–H and O–H groups in total. The van der Waals surface area contributed by atoms with E-state index in [1.54, 1.807) is 12.1 Å². The fourth-order valence-electron chi connectivity index (χ4n) is 3.84. The van der Waals surface area contributed by atoms with Crippen LogP contribution in [-0.2, 0) is 16.0 Å². The Labute approximate surface area is 205 Å². The molecule has 36 heavy (non-hydrogen) atoms. The molecule has 2 aromatic carbocycles. The van der Waals surface area contributed by atoms with Crippen LogP contribution in [0.5, 0.6) is 5.75 Å². The van der Waals surface area contributed by atoms with E-state index in [1.165, 1.54) is 6.07 Å². The molecule has 0 spiro atoms. The summed E-state index contributed by atoms with van der Waals surface area (Å²) in [6.45, 7) is 2.62. The Kier molecular flexibility index (Phi) is 7.16. The van der Waals surface area contributed by atoms with Gasteiger partial charge in [-0.25, -0.2) is 9.59 Å². The largest absolute Gasteiger partial charge is 0.486 e. The number of hydrazine groups is 1. The van der Waals surface area contributed by atoms with Crippen molar-refractivity contribution in [3.05, 3.63) is 54.1 Å². The second-order valence-corrected chi connectivity index (χ2v) is 9.05. The molecule has 2 unspecified atom stereocenters. The number of alkyl halides is 3. The number of nitrogens with one attached hydrogen (secondary N) is 3. The number of cyclic esters (lactones) is 1. The molecule has 2 heterocycles. The maximum atomic E-state index is 13.1. The number of benzene rings is 2. The van der Waals surface area contributed by atoms with E-state index in [-0.39, 0.29) is 11.8 Å². The summed E-state index contributed by atoms with van der Waals surface area (Å²) >= 11 is 0. The van der Waals surface area contributed by atoms with Crippen LogP contribution in [0.4, 0.5) is 34.1 Å². The Bertz CT molecular complexity index is 1100. The summed E-state index contributed by atoms with van der Waals surface area (Å²) in [6, 6.07) is 14.6. The van der Waals surface area contributed by atoms with Crippen LogP contribution in [0.2, 0.25) is 0 Å². The van der Waals surface area contributed by atoms with Crippen LogP contribution in [0.25, 0.3) is 0 Å². The molecule has 0 saturated carbocycles. The lowest BCUT2D eigenvalue weighted by molar-refractivity contribution is -0.242. The van der Waals surface area contributed by atoms with Gasteiger partial charge in [0.2, 0.25) is 5.60 Å². The number of carbonyl (C=O) groups excluding carboxylic acids is 2. The predicted molar refractivity (Wildman–Crippen MR) is 124 cm³/mol. The molecule has 2 amide bonds. The molecule has 0 aromatic heterocycles. The maximum Gasteiger partial charge on any atom is 0.427 e. The molecule has 9 nitrogen and oxygen atoms in total. The van der Waals surface area contributed by atoms with Gasteiger partial charge in [0.1, 0.15) is 11.9 Å². The van der Waals surface area contributed by atoms with Crippen LogP contribution in [0, 0.1) is 0 Å². The van der Waals surface area contributed by atoms with E-state index in [0.29, 0.717) is 37.4 Å². The summed E-state index contributed by atoms with van der Waals surface area (Å²) in [7, 11) is 0.